The lowest BCUT2D eigenvalue weighted by atomic mass is 9.78. The first-order valence-electron chi connectivity index (χ1n) is 8.87. The lowest BCUT2D eigenvalue weighted by Crippen LogP contribution is -2.27. The molecular formula is C22H21F3O3. The van der Waals surface area contributed by atoms with Gasteiger partial charge in [-0.15, -0.1) is 0 Å². The molecule has 0 atom stereocenters. The number of methoxy groups -OCH3 is 1. The molecule has 0 fully saturated rings. The highest BCUT2D eigenvalue weighted by Crippen LogP contribution is 2.42. The number of hydrogen-bond acceptors (Lipinski definition) is 3. The van der Waals surface area contributed by atoms with Gasteiger partial charge in [0.1, 0.15) is 5.75 Å². The lowest BCUT2D eigenvalue weighted by molar-refractivity contribution is -0.0683. The molecule has 1 aliphatic heterocycles. The standard InChI is InChI=1S/C22H21F3O3/c1-21(2)10-11-28-19-9-8-16(13-18(19)21)17(22(23,24)25)12-14-4-6-15(7-5-14)20(26)27-3/h4-9,12-13H,10-11H2,1-3H3/b17-12-. The molecule has 0 saturated carbocycles. The van der Waals surface area contributed by atoms with E-state index in [4.69, 9.17) is 4.74 Å². The summed E-state index contributed by atoms with van der Waals surface area (Å²) < 4.78 is 51.6. The Kier molecular flexibility index (Phi) is 5.24. The number of ether oxygens (including phenoxy) is 2. The summed E-state index contributed by atoms with van der Waals surface area (Å²) in [5.74, 6) is 0.0902. The van der Waals surface area contributed by atoms with Gasteiger partial charge >= 0.3 is 12.1 Å². The van der Waals surface area contributed by atoms with E-state index in [0.717, 1.165) is 18.1 Å². The van der Waals surface area contributed by atoms with Gasteiger partial charge in [-0.3, -0.25) is 0 Å². The van der Waals surface area contributed by atoms with Crippen LogP contribution < -0.4 is 4.74 Å². The number of esters is 1. The third-order valence-corrected chi connectivity index (χ3v) is 4.95. The Morgan fingerprint density at radius 3 is 2.36 bits per heavy atom. The van der Waals surface area contributed by atoms with E-state index in [1.165, 1.54) is 37.4 Å². The first kappa shape index (κ1) is 20.0. The monoisotopic (exact) mass is 390 g/mol. The summed E-state index contributed by atoms with van der Waals surface area (Å²) in [4.78, 5) is 11.5. The zero-order chi connectivity index (χ0) is 20.5. The molecule has 148 valence electrons. The van der Waals surface area contributed by atoms with Crippen LogP contribution in [-0.2, 0) is 10.2 Å². The Labute approximate surface area is 161 Å². The summed E-state index contributed by atoms with van der Waals surface area (Å²) in [6.07, 6.45) is -2.71. The zero-order valence-corrected chi connectivity index (χ0v) is 15.9. The second-order valence-corrected chi connectivity index (χ2v) is 7.36. The predicted molar refractivity (Wildman–Crippen MR) is 101 cm³/mol. The molecule has 0 aliphatic carbocycles. The number of benzene rings is 2. The highest BCUT2D eigenvalue weighted by molar-refractivity contribution is 5.90. The molecule has 0 amide bonds. The maximum absolute atomic E-state index is 13.8. The van der Waals surface area contributed by atoms with Crippen molar-refractivity contribution in [2.75, 3.05) is 13.7 Å². The van der Waals surface area contributed by atoms with Gasteiger partial charge in [0.05, 0.1) is 24.9 Å². The third-order valence-electron chi connectivity index (χ3n) is 4.95. The van der Waals surface area contributed by atoms with Crippen molar-refractivity contribution in [2.24, 2.45) is 0 Å². The van der Waals surface area contributed by atoms with E-state index in [0.29, 0.717) is 17.9 Å². The molecule has 2 aromatic rings. The number of alkyl halides is 3. The minimum atomic E-state index is -4.53. The second kappa shape index (κ2) is 7.34. The van der Waals surface area contributed by atoms with E-state index in [9.17, 15) is 18.0 Å². The number of hydrogen-bond donors (Lipinski definition) is 0. The largest absolute Gasteiger partial charge is 0.493 e. The van der Waals surface area contributed by atoms with Gasteiger partial charge < -0.3 is 9.47 Å². The SMILES string of the molecule is COC(=O)c1ccc(/C=C(/c2ccc3c(c2)C(C)(C)CCO3)C(F)(F)F)cc1. The van der Waals surface area contributed by atoms with Gasteiger partial charge in [-0.25, -0.2) is 4.79 Å². The van der Waals surface area contributed by atoms with Crippen LogP contribution in [0.2, 0.25) is 0 Å². The van der Waals surface area contributed by atoms with E-state index in [2.05, 4.69) is 4.74 Å². The summed E-state index contributed by atoms with van der Waals surface area (Å²) >= 11 is 0. The van der Waals surface area contributed by atoms with Crippen LogP contribution in [0.15, 0.2) is 42.5 Å². The van der Waals surface area contributed by atoms with Gasteiger partial charge in [0, 0.05) is 5.56 Å². The van der Waals surface area contributed by atoms with Crippen LogP contribution in [-0.4, -0.2) is 25.9 Å². The predicted octanol–water partition coefficient (Wildman–Crippen LogP) is 5.64. The highest BCUT2D eigenvalue weighted by atomic mass is 19.4. The number of carbonyl (C=O) groups excluding carboxylic acids is 1. The van der Waals surface area contributed by atoms with Crippen LogP contribution in [0.1, 0.15) is 47.3 Å². The Morgan fingerprint density at radius 2 is 1.75 bits per heavy atom. The molecule has 1 heterocycles. The Balaban J connectivity index is 2.05. The Morgan fingerprint density at radius 1 is 1.11 bits per heavy atom. The number of allylic oxidation sites excluding steroid dienone is 1. The number of halogens is 3. The summed E-state index contributed by atoms with van der Waals surface area (Å²) in [5, 5.41) is 0. The summed E-state index contributed by atoms with van der Waals surface area (Å²) in [7, 11) is 1.25. The van der Waals surface area contributed by atoms with Crippen LogP contribution in [0.25, 0.3) is 11.6 Å². The normalized spacial score (nSPS) is 16.1. The van der Waals surface area contributed by atoms with Gasteiger partial charge in [-0.2, -0.15) is 13.2 Å². The molecule has 0 bridgehead atoms. The van der Waals surface area contributed by atoms with Crippen molar-refractivity contribution in [3.63, 3.8) is 0 Å². The molecule has 3 nitrogen and oxygen atoms in total. The van der Waals surface area contributed by atoms with E-state index in [1.54, 1.807) is 12.1 Å². The van der Waals surface area contributed by atoms with Crippen LogP contribution in [0.3, 0.4) is 0 Å². The van der Waals surface area contributed by atoms with Crippen LogP contribution in [0.5, 0.6) is 5.75 Å². The van der Waals surface area contributed by atoms with E-state index in [1.807, 2.05) is 13.8 Å². The first-order chi connectivity index (χ1) is 13.1. The van der Waals surface area contributed by atoms with Crippen molar-refractivity contribution >= 4 is 17.6 Å². The van der Waals surface area contributed by atoms with E-state index in [-0.39, 0.29) is 16.5 Å². The van der Waals surface area contributed by atoms with Gasteiger partial charge in [0.25, 0.3) is 0 Å². The molecule has 0 N–H and O–H groups in total. The van der Waals surface area contributed by atoms with Crippen molar-refractivity contribution in [1.29, 1.82) is 0 Å². The molecule has 0 spiro atoms. The number of carbonyl (C=O) groups is 1. The fourth-order valence-electron chi connectivity index (χ4n) is 3.23. The summed E-state index contributed by atoms with van der Waals surface area (Å²) in [5.41, 5.74) is 0.466. The zero-order valence-electron chi connectivity index (χ0n) is 15.9. The second-order valence-electron chi connectivity index (χ2n) is 7.36. The molecule has 2 aromatic carbocycles. The fourth-order valence-corrected chi connectivity index (χ4v) is 3.23. The van der Waals surface area contributed by atoms with Crippen molar-refractivity contribution in [3.05, 3.63) is 64.7 Å². The minimum absolute atomic E-state index is 0.0851. The first-order valence-corrected chi connectivity index (χ1v) is 8.87. The molecule has 1 aliphatic rings. The Hall–Kier alpha value is -2.76. The van der Waals surface area contributed by atoms with Crippen molar-refractivity contribution in [2.45, 2.75) is 31.9 Å². The quantitative estimate of drug-likeness (QED) is 0.503. The molecule has 0 unspecified atom stereocenters. The van der Waals surface area contributed by atoms with E-state index >= 15 is 0 Å². The van der Waals surface area contributed by atoms with Gasteiger partial charge in [-0.05, 0) is 53.3 Å². The molecule has 6 heteroatoms. The molecule has 0 aromatic heterocycles. The van der Waals surface area contributed by atoms with Gasteiger partial charge in [0.15, 0.2) is 0 Å². The third kappa shape index (κ3) is 4.06. The van der Waals surface area contributed by atoms with Crippen molar-refractivity contribution < 1.29 is 27.4 Å². The van der Waals surface area contributed by atoms with Gasteiger partial charge in [-0.1, -0.05) is 32.0 Å². The minimum Gasteiger partial charge on any atom is -0.493 e. The maximum Gasteiger partial charge on any atom is 0.417 e. The average Bonchev–Trinajstić information content (AvgIpc) is 2.65. The van der Waals surface area contributed by atoms with E-state index < -0.39 is 17.7 Å². The molecule has 0 radical (unpaired) electrons. The lowest BCUT2D eigenvalue weighted by Gasteiger charge is -2.33. The Bertz CT molecular complexity index is 910. The number of rotatable bonds is 3. The van der Waals surface area contributed by atoms with Crippen molar-refractivity contribution in [3.8, 4) is 5.75 Å². The van der Waals surface area contributed by atoms with Crippen LogP contribution >= 0.6 is 0 Å². The number of fused-ring (bicyclic) bond motifs is 1. The molecule has 28 heavy (non-hydrogen) atoms. The average molecular weight is 390 g/mol. The van der Waals surface area contributed by atoms with Gasteiger partial charge in [0.2, 0.25) is 0 Å². The molecular weight excluding hydrogens is 369 g/mol. The molecule has 3 rings (SSSR count). The van der Waals surface area contributed by atoms with Crippen LogP contribution in [0.4, 0.5) is 13.2 Å². The summed E-state index contributed by atoms with van der Waals surface area (Å²) in [6, 6.07) is 10.4. The molecule has 0 saturated heterocycles. The fraction of sp³-hybridized carbons (Fsp3) is 0.318. The maximum atomic E-state index is 13.8. The summed E-state index contributed by atoms with van der Waals surface area (Å²) in [6.45, 7) is 4.55. The van der Waals surface area contributed by atoms with Crippen LogP contribution in [0, 0.1) is 0 Å². The highest BCUT2D eigenvalue weighted by Gasteiger charge is 2.36. The van der Waals surface area contributed by atoms with Crippen molar-refractivity contribution in [1.82, 2.24) is 0 Å². The smallest absolute Gasteiger partial charge is 0.417 e. The topological polar surface area (TPSA) is 35.5 Å².